The van der Waals surface area contributed by atoms with Crippen molar-refractivity contribution in [2.24, 2.45) is 7.05 Å². The Labute approximate surface area is 101 Å². The Morgan fingerprint density at radius 2 is 2.19 bits per heavy atom. The third kappa shape index (κ3) is 1.82. The van der Waals surface area contributed by atoms with Gasteiger partial charge in [-0.3, -0.25) is 0 Å². The summed E-state index contributed by atoms with van der Waals surface area (Å²) < 4.78 is 21.0. The van der Waals surface area contributed by atoms with E-state index in [1.807, 2.05) is 7.05 Å². The maximum Gasteiger partial charge on any atom is 0.128 e. The number of halogens is 2. The van der Waals surface area contributed by atoms with Crippen molar-refractivity contribution in [1.82, 2.24) is 9.55 Å². The van der Waals surface area contributed by atoms with Gasteiger partial charge in [0.1, 0.15) is 21.9 Å². The van der Waals surface area contributed by atoms with Gasteiger partial charge in [0.15, 0.2) is 0 Å². The van der Waals surface area contributed by atoms with Crippen LogP contribution >= 0.6 is 15.9 Å². The molecule has 0 aliphatic rings. The predicted molar refractivity (Wildman–Crippen MR) is 62.9 cm³/mol. The van der Waals surface area contributed by atoms with Crippen LogP contribution in [0.15, 0.2) is 29.1 Å². The summed E-state index contributed by atoms with van der Waals surface area (Å²) in [6, 6.07) is 4.36. The molecule has 0 spiro atoms. The molecule has 0 saturated carbocycles. The van der Waals surface area contributed by atoms with E-state index >= 15 is 0 Å². The average Bonchev–Trinajstić information content (AvgIpc) is 2.60. The molecule has 0 saturated heterocycles. The number of imidazole rings is 1. The lowest BCUT2D eigenvalue weighted by atomic mass is 10.1. The monoisotopic (exact) mass is 284 g/mol. The zero-order chi connectivity index (χ0) is 11.7. The number of benzene rings is 1. The van der Waals surface area contributed by atoms with Gasteiger partial charge in [-0.25, -0.2) is 9.37 Å². The summed E-state index contributed by atoms with van der Waals surface area (Å²) in [6.45, 7) is 0. The molecular formula is C11H10BrFN2O. The van der Waals surface area contributed by atoms with Gasteiger partial charge in [0.05, 0.1) is 13.4 Å². The van der Waals surface area contributed by atoms with Crippen molar-refractivity contribution in [2.75, 3.05) is 7.11 Å². The van der Waals surface area contributed by atoms with Crippen LogP contribution in [0.25, 0.3) is 11.3 Å². The number of aryl methyl sites for hydroxylation is 1. The second-order valence-corrected chi connectivity index (χ2v) is 4.09. The lowest BCUT2D eigenvalue weighted by molar-refractivity contribution is 0.415. The highest BCUT2D eigenvalue weighted by molar-refractivity contribution is 9.10. The molecule has 0 N–H and O–H groups in total. The molecule has 0 fully saturated rings. The standard InChI is InChI=1S/C11H10BrFN2O/c1-15-6-14-10(11(15)12)8-5-7(13)3-4-9(8)16-2/h3-6H,1-2H3. The minimum atomic E-state index is -0.312. The van der Waals surface area contributed by atoms with Crippen LogP contribution < -0.4 is 4.74 Å². The highest BCUT2D eigenvalue weighted by atomic mass is 79.9. The van der Waals surface area contributed by atoms with E-state index in [0.717, 1.165) is 4.60 Å². The fourth-order valence-electron chi connectivity index (χ4n) is 1.46. The first-order valence-corrected chi connectivity index (χ1v) is 5.43. The van der Waals surface area contributed by atoms with Crippen LogP contribution in [-0.4, -0.2) is 16.7 Å². The number of aromatic nitrogens is 2. The molecule has 2 aromatic rings. The van der Waals surface area contributed by atoms with Gasteiger partial charge < -0.3 is 9.30 Å². The summed E-state index contributed by atoms with van der Waals surface area (Å²) in [4.78, 5) is 4.20. The molecule has 84 valence electrons. The van der Waals surface area contributed by atoms with E-state index in [-0.39, 0.29) is 5.82 Å². The topological polar surface area (TPSA) is 27.1 Å². The van der Waals surface area contributed by atoms with Gasteiger partial charge in [-0.2, -0.15) is 0 Å². The molecule has 0 bridgehead atoms. The second kappa shape index (κ2) is 4.25. The van der Waals surface area contributed by atoms with E-state index in [1.54, 1.807) is 24.1 Å². The zero-order valence-corrected chi connectivity index (χ0v) is 10.5. The third-order valence-corrected chi connectivity index (χ3v) is 3.22. The first-order valence-electron chi connectivity index (χ1n) is 4.64. The number of nitrogens with zero attached hydrogens (tertiary/aromatic N) is 2. The van der Waals surface area contributed by atoms with Gasteiger partial charge >= 0.3 is 0 Å². The zero-order valence-electron chi connectivity index (χ0n) is 8.87. The van der Waals surface area contributed by atoms with Crippen LogP contribution in [0, 0.1) is 5.82 Å². The largest absolute Gasteiger partial charge is 0.496 e. The van der Waals surface area contributed by atoms with Crippen LogP contribution in [0.4, 0.5) is 4.39 Å². The molecule has 0 unspecified atom stereocenters. The van der Waals surface area contributed by atoms with Crippen LogP contribution in [0.1, 0.15) is 0 Å². The van der Waals surface area contributed by atoms with Crippen molar-refractivity contribution in [2.45, 2.75) is 0 Å². The molecule has 0 radical (unpaired) electrons. The Balaban J connectivity index is 2.62. The normalized spacial score (nSPS) is 10.5. The van der Waals surface area contributed by atoms with Gasteiger partial charge in [0.25, 0.3) is 0 Å². The van der Waals surface area contributed by atoms with Crippen molar-refractivity contribution < 1.29 is 9.13 Å². The Morgan fingerprint density at radius 1 is 1.44 bits per heavy atom. The molecule has 16 heavy (non-hydrogen) atoms. The molecule has 3 nitrogen and oxygen atoms in total. The van der Waals surface area contributed by atoms with Crippen LogP contribution in [0.2, 0.25) is 0 Å². The van der Waals surface area contributed by atoms with Crippen molar-refractivity contribution in [1.29, 1.82) is 0 Å². The molecule has 0 atom stereocenters. The van der Waals surface area contributed by atoms with Crippen molar-refractivity contribution >= 4 is 15.9 Å². The Bertz CT molecular complexity index is 525. The molecule has 2 rings (SSSR count). The highest BCUT2D eigenvalue weighted by Gasteiger charge is 2.14. The number of hydrogen-bond donors (Lipinski definition) is 0. The molecule has 1 aromatic carbocycles. The van der Waals surface area contributed by atoms with E-state index < -0.39 is 0 Å². The summed E-state index contributed by atoms with van der Waals surface area (Å²) >= 11 is 3.40. The van der Waals surface area contributed by atoms with Crippen LogP contribution in [0.3, 0.4) is 0 Å². The van der Waals surface area contributed by atoms with E-state index in [4.69, 9.17) is 4.74 Å². The number of methoxy groups -OCH3 is 1. The summed E-state index contributed by atoms with van der Waals surface area (Å²) in [5, 5.41) is 0. The lowest BCUT2D eigenvalue weighted by Crippen LogP contribution is -1.91. The summed E-state index contributed by atoms with van der Waals surface area (Å²) in [7, 11) is 3.40. The summed E-state index contributed by atoms with van der Waals surface area (Å²) in [5.74, 6) is 0.286. The molecular weight excluding hydrogens is 275 g/mol. The third-order valence-electron chi connectivity index (χ3n) is 2.28. The fraction of sp³-hybridized carbons (Fsp3) is 0.182. The fourth-order valence-corrected chi connectivity index (χ4v) is 1.87. The average molecular weight is 285 g/mol. The van der Waals surface area contributed by atoms with E-state index in [2.05, 4.69) is 20.9 Å². The smallest absolute Gasteiger partial charge is 0.128 e. The maximum absolute atomic E-state index is 13.2. The molecule has 1 aromatic heterocycles. The Morgan fingerprint density at radius 3 is 2.75 bits per heavy atom. The molecule has 5 heteroatoms. The maximum atomic E-state index is 13.2. The van der Waals surface area contributed by atoms with E-state index in [9.17, 15) is 4.39 Å². The van der Waals surface area contributed by atoms with E-state index in [0.29, 0.717) is 17.0 Å². The number of ether oxygens (including phenoxy) is 1. The SMILES string of the molecule is COc1ccc(F)cc1-c1ncn(C)c1Br. The van der Waals surface area contributed by atoms with Gasteiger partial charge in [-0.15, -0.1) is 0 Å². The second-order valence-electron chi connectivity index (χ2n) is 3.34. The van der Waals surface area contributed by atoms with Gasteiger partial charge in [-0.1, -0.05) is 0 Å². The number of hydrogen-bond acceptors (Lipinski definition) is 2. The van der Waals surface area contributed by atoms with Gasteiger partial charge in [0, 0.05) is 12.6 Å². The minimum absolute atomic E-state index is 0.312. The van der Waals surface area contributed by atoms with Gasteiger partial charge in [0.2, 0.25) is 0 Å². The van der Waals surface area contributed by atoms with Crippen molar-refractivity contribution in [3.05, 3.63) is 34.9 Å². The lowest BCUT2D eigenvalue weighted by Gasteiger charge is -2.06. The Kier molecular flexibility index (Phi) is 2.96. The van der Waals surface area contributed by atoms with Crippen molar-refractivity contribution in [3.8, 4) is 17.0 Å². The highest BCUT2D eigenvalue weighted by Crippen LogP contribution is 2.33. The number of rotatable bonds is 2. The predicted octanol–water partition coefficient (Wildman–Crippen LogP) is 3.00. The molecule has 0 amide bonds. The molecule has 1 heterocycles. The quantitative estimate of drug-likeness (QED) is 0.848. The summed E-state index contributed by atoms with van der Waals surface area (Å²) in [5.41, 5.74) is 1.30. The van der Waals surface area contributed by atoms with Crippen molar-refractivity contribution in [3.63, 3.8) is 0 Å². The Hall–Kier alpha value is -1.36. The van der Waals surface area contributed by atoms with E-state index in [1.165, 1.54) is 12.1 Å². The van der Waals surface area contributed by atoms with Crippen LogP contribution in [-0.2, 0) is 7.05 Å². The van der Waals surface area contributed by atoms with Gasteiger partial charge in [-0.05, 0) is 34.1 Å². The van der Waals surface area contributed by atoms with Crippen LogP contribution in [0.5, 0.6) is 5.75 Å². The summed E-state index contributed by atoms with van der Waals surface area (Å²) in [6.07, 6.45) is 1.66. The minimum Gasteiger partial charge on any atom is -0.496 e. The molecule has 0 aliphatic heterocycles. The first kappa shape index (κ1) is 11.1. The first-order chi connectivity index (χ1) is 7.63. The molecule has 0 aliphatic carbocycles.